The van der Waals surface area contributed by atoms with Gasteiger partial charge in [0.1, 0.15) is 5.78 Å². The predicted molar refractivity (Wildman–Crippen MR) is 127 cm³/mol. The van der Waals surface area contributed by atoms with Crippen molar-refractivity contribution in [3.8, 4) is 11.8 Å². The molecule has 1 atom stereocenters. The largest absolute Gasteiger partial charge is 0.330 e. The highest BCUT2D eigenvalue weighted by Gasteiger charge is 2.23. The molecule has 3 aromatic rings. The number of rotatable bonds is 5. The monoisotopic (exact) mass is 421 g/mol. The summed E-state index contributed by atoms with van der Waals surface area (Å²) >= 11 is 0. The molecule has 4 rings (SSSR count). The van der Waals surface area contributed by atoms with Gasteiger partial charge in [-0.25, -0.2) is 0 Å². The molecule has 0 spiro atoms. The minimum Gasteiger partial charge on any atom is -0.330 e. The summed E-state index contributed by atoms with van der Waals surface area (Å²) in [6, 6.07) is 23.9. The Balaban J connectivity index is 1.42. The third-order valence-electron chi connectivity index (χ3n) is 5.76. The van der Waals surface area contributed by atoms with Crippen molar-refractivity contribution in [2.75, 3.05) is 0 Å². The first-order chi connectivity index (χ1) is 15.5. The highest BCUT2D eigenvalue weighted by atomic mass is 16.2. The zero-order valence-electron chi connectivity index (χ0n) is 18.6. The zero-order chi connectivity index (χ0) is 22.5. The Hall–Kier alpha value is -3.64. The molecule has 3 aromatic carbocycles. The van der Waals surface area contributed by atoms with Crippen molar-refractivity contribution in [3.63, 3.8) is 0 Å². The lowest BCUT2D eigenvalue weighted by atomic mass is 9.96. The number of benzene rings is 3. The molecule has 1 aliphatic heterocycles. The molecule has 0 radical (unpaired) electrons. The molecule has 32 heavy (non-hydrogen) atoms. The SMILES string of the molecule is CC(=O)CC(C)Cc1ccc(C#Cc2cccc(C(=O)N3Cc4ccccc4C3)c2)cc1. The van der Waals surface area contributed by atoms with Crippen LogP contribution in [-0.4, -0.2) is 16.6 Å². The fourth-order valence-electron chi connectivity index (χ4n) is 4.22. The van der Waals surface area contributed by atoms with Crippen LogP contribution in [0.4, 0.5) is 0 Å². The molecule has 0 N–H and O–H groups in total. The van der Waals surface area contributed by atoms with Gasteiger partial charge in [0.05, 0.1) is 0 Å². The molecule has 1 aliphatic rings. The number of Topliss-reactive ketones (excluding diaryl/α,β-unsaturated/α-hetero) is 1. The van der Waals surface area contributed by atoms with E-state index in [4.69, 9.17) is 0 Å². The van der Waals surface area contributed by atoms with Crippen LogP contribution in [0, 0.1) is 17.8 Å². The molecule has 0 saturated carbocycles. The van der Waals surface area contributed by atoms with E-state index >= 15 is 0 Å². The van der Waals surface area contributed by atoms with Gasteiger partial charge in [-0.15, -0.1) is 0 Å². The molecule has 3 heteroatoms. The second kappa shape index (κ2) is 9.66. The maximum atomic E-state index is 13.0. The van der Waals surface area contributed by atoms with Gasteiger partial charge in [-0.2, -0.15) is 0 Å². The highest BCUT2D eigenvalue weighted by molar-refractivity contribution is 5.95. The van der Waals surface area contributed by atoms with Crippen molar-refractivity contribution in [1.29, 1.82) is 0 Å². The first kappa shape index (κ1) is 21.6. The lowest BCUT2D eigenvalue weighted by Crippen LogP contribution is -2.25. The van der Waals surface area contributed by atoms with Crippen molar-refractivity contribution in [2.45, 2.75) is 39.8 Å². The number of nitrogens with zero attached hydrogens (tertiary/aromatic N) is 1. The van der Waals surface area contributed by atoms with Gasteiger partial charge in [-0.3, -0.25) is 4.79 Å². The fourth-order valence-corrected chi connectivity index (χ4v) is 4.22. The molecule has 0 aromatic heterocycles. The van der Waals surface area contributed by atoms with E-state index in [1.807, 2.05) is 53.4 Å². The van der Waals surface area contributed by atoms with Crippen LogP contribution in [0.3, 0.4) is 0 Å². The Morgan fingerprint density at radius 2 is 1.53 bits per heavy atom. The molecule has 0 aliphatic carbocycles. The molecule has 1 unspecified atom stereocenters. The lowest BCUT2D eigenvalue weighted by Gasteiger charge is -2.15. The summed E-state index contributed by atoms with van der Waals surface area (Å²) in [5, 5.41) is 0. The van der Waals surface area contributed by atoms with Crippen LogP contribution >= 0.6 is 0 Å². The maximum absolute atomic E-state index is 13.0. The Morgan fingerprint density at radius 1 is 0.875 bits per heavy atom. The number of carbonyl (C=O) groups excluding carboxylic acids is 2. The second-order valence-electron chi connectivity index (χ2n) is 8.67. The summed E-state index contributed by atoms with van der Waals surface area (Å²) in [5.74, 6) is 6.99. The van der Waals surface area contributed by atoms with Crippen LogP contribution in [0.2, 0.25) is 0 Å². The van der Waals surface area contributed by atoms with Gasteiger partial charge in [-0.1, -0.05) is 61.2 Å². The average molecular weight is 422 g/mol. The zero-order valence-corrected chi connectivity index (χ0v) is 18.6. The van der Waals surface area contributed by atoms with Crippen molar-refractivity contribution in [3.05, 3.63) is 106 Å². The number of carbonyl (C=O) groups is 2. The average Bonchev–Trinajstić information content (AvgIpc) is 3.22. The van der Waals surface area contributed by atoms with Crippen molar-refractivity contribution >= 4 is 11.7 Å². The molecule has 0 bridgehead atoms. The molecule has 1 amide bonds. The Labute approximate surface area is 190 Å². The minimum absolute atomic E-state index is 0.0360. The number of hydrogen-bond acceptors (Lipinski definition) is 2. The second-order valence-corrected chi connectivity index (χ2v) is 8.67. The van der Waals surface area contributed by atoms with Crippen molar-refractivity contribution in [1.82, 2.24) is 4.90 Å². The number of amides is 1. The third-order valence-corrected chi connectivity index (χ3v) is 5.76. The van der Waals surface area contributed by atoms with Gasteiger partial charge in [-0.05, 0) is 66.3 Å². The number of hydrogen-bond donors (Lipinski definition) is 0. The van der Waals surface area contributed by atoms with Crippen LogP contribution in [0.5, 0.6) is 0 Å². The van der Waals surface area contributed by atoms with Crippen LogP contribution in [0.1, 0.15) is 58.4 Å². The normalized spacial score (nSPS) is 13.1. The topological polar surface area (TPSA) is 37.4 Å². The minimum atomic E-state index is 0.0360. The van der Waals surface area contributed by atoms with Gasteiger partial charge in [0.2, 0.25) is 0 Å². The third kappa shape index (κ3) is 5.34. The van der Waals surface area contributed by atoms with Crippen LogP contribution in [0.25, 0.3) is 0 Å². The summed E-state index contributed by atoms with van der Waals surface area (Å²) in [5.41, 5.74) is 6.07. The first-order valence-electron chi connectivity index (χ1n) is 11.0. The van der Waals surface area contributed by atoms with E-state index in [1.165, 1.54) is 16.7 Å². The van der Waals surface area contributed by atoms with Gasteiger partial charge in [0.15, 0.2) is 0 Å². The molecule has 1 heterocycles. The quantitative estimate of drug-likeness (QED) is 0.517. The van der Waals surface area contributed by atoms with Crippen LogP contribution < -0.4 is 0 Å². The summed E-state index contributed by atoms with van der Waals surface area (Å²) in [4.78, 5) is 26.1. The Kier molecular flexibility index (Phi) is 6.52. The molecular weight excluding hydrogens is 394 g/mol. The highest BCUT2D eigenvalue weighted by Crippen LogP contribution is 2.24. The van der Waals surface area contributed by atoms with E-state index in [1.54, 1.807) is 6.92 Å². The molecule has 0 saturated heterocycles. The predicted octanol–water partition coefficient (Wildman–Crippen LogP) is 5.40. The standard InChI is InChI=1S/C29H27NO2/c1-21(16-22(2)31)17-25-14-11-23(12-15-25)10-13-24-6-5-9-26(18-24)29(32)30-19-27-7-3-4-8-28(27)20-30/h3-9,11-12,14-15,18,21H,16-17,19-20H2,1-2H3. The summed E-state index contributed by atoms with van der Waals surface area (Å²) < 4.78 is 0. The van der Waals surface area contributed by atoms with Gasteiger partial charge in [0, 0.05) is 36.2 Å². The summed E-state index contributed by atoms with van der Waals surface area (Å²) in [6.45, 7) is 5.05. The van der Waals surface area contributed by atoms with E-state index in [0.717, 1.165) is 17.5 Å². The molecule has 3 nitrogen and oxygen atoms in total. The lowest BCUT2D eigenvalue weighted by molar-refractivity contribution is -0.117. The Morgan fingerprint density at radius 3 is 2.19 bits per heavy atom. The van der Waals surface area contributed by atoms with E-state index in [2.05, 4.69) is 43.0 Å². The van der Waals surface area contributed by atoms with E-state index in [0.29, 0.717) is 31.0 Å². The van der Waals surface area contributed by atoms with Gasteiger partial charge >= 0.3 is 0 Å². The summed E-state index contributed by atoms with van der Waals surface area (Å²) in [6.07, 6.45) is 1.50. The van der Waals surface area contributed by atoms with Crippen molar-refractivity contribution in [2.24, 2.45) is 5.92 Å². The van der Waals surface area contributed by atoms with Gasteiger partial charge < -0.3 is 9.69 Å². The van der Waals surface area contributed by atoms with Crippen LogP contribution in [-0.2, 0) is 24.3 Å². The molecule has 0 fully saturated rings. The van der Waals surface area contributed by atoms with E-state index < -0.39 is 0 Å². The molecular formula is C29H27NO2. The maximum Gasteiger partial charge on any atom is 0.254 e. The fraction of sp³-hybridized carbons (Fsp3) is 0.241. The summed E-state index contributed by atoms with van der Waals surface area (Å²) in [7, 11) is 0. The van der Waals surface area contributed by atoms with Gasteiger partial charge in [0.25, 0.3) is 5.91 Å². The number of fused-ring (bicyclic) bond motifs is 1. The smallest absolute Gasteiger partial charge is 0.254 e. The van der Waals surface area contributed by atoms with Crippen molar-refractivity contribution < 1.29 is 9.59 Å². The van der Waals surface area contributed by atoms with E-state index in [-0.39, 0.29) is 11.7 Å². The van der Waals surface area contributed by atoms with E-state index in [9.17, 15) is 9.59 Å². The first-order valence-corrected chi connectivity index (χ1v) is 11.0. The Bertz CT molecular complexity index is 1170. The molecule has 160 valence electrons. The number of ketones is 1. The van der Waals surface area contributed by atoms with Crippen LogP contribution in [0.15, 0.2) is 72.8 Å².